The lowest BCUT2D eigenvalue weighted by atomic mass is 10.2. The summed E-state index contributed by atoms with van der Waals surface area (Å²) in [6.45, 7) is 2.41. The number of carbonyl (C=O) groups is 1. The normalized spacial score (nSPS) is 10.7. The Morgan fingerprint density at radius 3 is 2.81 bits per heavy atom. The molecule has 1 N–H and O–H groups in total. The molecular formula is C19H18ClN3O3. The number of para-hydroxylation sites is 1. The summed E-state index contributed by atoms with van der Waals surface area (Å²) >= 11 is 5.90. The second-order valence-corrected chi connectivity index (χ2v) is 6.12. The van der Waals surface area contributed by atoms with Crippen LogP contribution in [0.1, 0.15) is 12.7 Å². The van der Waals surface area contributed by atoms with Crippen molar-refractivity contribution in [3.8, 4) is 5.75 Å². The summed E-state index contributed by atoms with van der Waals surface area (Å²) in [4.78, 5) is 33.3. The first-order chi connectivity index (χ1) is 12.6. The Hall–Kier alpha value is -2.86. The van der Waals surface area contributed by atoms with E-state index in [0.717, 1.165) is 0 Å². The van der Waals surface area contributed by atoms with E-state index in [1.807, 2.05) is 13.0 Å². The van der Waals surface area contributed by atoms with Gasteiger partial charge in [-0.3, -0.25) is 9.59 Å². The zero-order valence-corrected chi connectivity index (χ0v) is 15.0. The third kappa shape index (κ3) is 4.21. The molecule has 0 aliphatic rings. The van der Waals surface area contributed by atoms with Crippen LogP contribution >= 0.6 is 11.6 Å². The number of hydrogen-bond donors (Lipinski definition) is 1. The minimum atomic E-state index is -0.218. The van der Waals surface area contributed by atoms with Crippen LogP contribution in [0.15, 0.2) is 53.3 Å². The number of fused-ring (bicyclic) bond motifs is 1. The van der Waals surface area contributed by atoms with E-state index in [9.17, 15) is 9.59 Å². The summed E-state index contributed by atoms with van der Waals surface area (Å²) in [6.07, 6.45) is 0. The maximum atomic E-state index is 12.4. The highest BCUT2D eigenvalue weighted by atomic mass is 35.5. The minimum absolute atomic E-state index is 0.119. The summed E-state index contributed by atoms with van der Waals surface area (Å²) in [5, 5.41) is 1.06. The lowest BCUT2D eigenvalue weighted by Crippen LogP contribution is -2.35. The molecule has 0 spiro atoms. The predicted octanol–water partition coefficient (Wildman–Crippen LogP) is 3.00. The summed E-state index contributed by atoms with van der Waals surface area (Å²) in [5.41, 5.74) is 0.384. The molecule has 2 aromatic carbocycles. The molecular weight excluding hydrogens is 354 g/mol. The van der Waals surface area contributed by atoms with Gasteiger partial charge >= 0.3 is 0 Å². The molecule has 6 nitrogen and oxygen atoms in total. The molecule has 7 heteroatoms. The molecule has 1 amide bonds. The van der Waals surface area contributed by atoms with Gasteiger partial charge in [0.25, 0.3) is 11.5 Å². The van der Waals surface area contributed by atoms with Gasteiger partial charge in [-0.15, -0.1) is 0 Å². The van der Waals surface area contributed by atoms with E-state index in [-0.39, 0.29) is 24.6 Å². The lowest BCUT2D eigenvalue weighted by Gasteiger charge is -2.20. The largest absolute Gasteiger partial charge is 0.484 e. The van der Waals surface area contributed by atoms with Crippen molar-refractivity contribution in [1.29, 1.82) is 0 Å². The molecule has 0 saturated heterocycles. The number of carbonyl (C=O) groups excluding carboxylic acids is 1. The molecule has 3 rings (SSSR count). The molecule has 1 heterocycles. The maximum Gasteiger partial charge on any atom is 0.260 e. The van der Waals surface area contributed by atoms with E-state index in [1.165, 1.54) is 0 Å². The molecule has 0 aliphatic heterocycles. The third-order valence-electron chi connectivity index (χ3n) is 3.90. The Morgan fingerprint density at radius 2 is 2.04 bits per heavy atom. The van der Waals surface area contributed by atoms with Crippen molar-refractivity contribution >= 4 is 28.4 Å². The fourth-order valence-corrected chi connectivity index (χ4v) is 2.74. The maximum absolute atomic E-state index is 12.4. The van der Waals surface area contributed by atoms with Crippen molar-refractivity contribution in [3.63, 3.8) is 0 Å². The number of nitrogens with zero attached hydrogens (tertiary/aromatic N) is 2. The summed E-state index contributed by atoms with van der Waals surface area (Å²) in [7, 11) is 0. The number of aromatic amines is 1. The van der Waals surface area contributed by atoms with Crippen LogP contribution in [-0.4, -0.2) is 33.9 Å². The standard InChI is InChI=1S/C19H18ClN3O3/c1-2-23(18(24)12-26-14-7-5-6-13(20)10-14)11-17-21-16-9-4-3-8-15(16)19(25)22-17/h3-10H,2,11-12H2,1H3,(H,21,22,25). The summed E-state index contributed by atoms with van der Waals surface area (Å²) < 4.78 is 5.50. The second-order valence-electron chi connectivity index (χ2n) is 5.68. The Morgan fingerprint density at radius 1 is 1.23 bits per heavy atom. The van der Waals surface area contributed by atoms with Crippen LogP contribution in [0.25, 0.3) is 10.9 Å². The molecule has 1 aromatic heterocycles. The van der Waals surface area contributed by atoms with Gasteiger partial charge in [-0.2, -0.15) is 0 Å². The fraction of sp³-hybridized carbons (Fsp3) is 0.211. The van der Waals surface area contributed by atoms with Crippen LogP contribution in [0.4, 0.5) is 0 Å². The molecule has 134 valence electrons. The Balaban J connectivity index is 1.70. The van der Waals surface area contributed by atoms with Gasteiger partial charge in [-0.1, -0.05) is 29.8 Å². The molecule has 0 fully saturated rings. The topological polar surface area (TPSA) is 75.3 Å². The number of hydrogen-bond acceptors (Lipinski definition) is 4. The number of likely N-dealkylation sites (N-methyl/N-ethyl adjacent to an activating group) is 1. The average molecular weight is 372 g/mol. The van der Waals surface area contributed by atoms with Crippen molar-refractivity contribution in [1.82, 2.24) is 14.9 Å². The molecule has 0 radical (unpaired) electrons. The Bertz CT molecular complexity index is 987. The van der Waals surface area contributed by atoms with Crippen LogP contribution in [0.3, 0.4) is 0 Å². The van der Waals surface area contributed by atoms with E-state index < -0.39 is 0 Å². The SMILES string of the molecule is CCN(Cc1nc2ccccc2c(=O)[nH]1)C(=O)COc1cccc(Cl)c1. The average Bonchev–Trinajstić information content (AvgIpc) is 2.64. The van der Waals surface area contributed by atoms with Crippen molar-refractivity contribution in [2.45, 2.75) is 13.5 Å². The highest BCUT2D eigenvalue weighted by molar-refractivity contribution is 6.30. The number of ether oxygens (including phenoxy) is 1. The first-order valence-electron chi connectivity index (χ1n) is 8.21. The van der Waals surface area contributed by atoms with E-state index in [1.54, 1.807) is 47.4 Å². The van der Waals surface area contributed by atoms with Gasteiger partial charge in [0.05, 0.1) is 17.4 Å². The number of nitrogens with one attached hydrogen (secondary N) is 1. The number of H-pyrrole nitrogens is 1. The number of rotatable bonds is 6. The first-order valence-corrected chi connectivity index (χ1v) is 8.58. The molecule has 26 heavy (non-hydrogen) atoms. The predicted molar refractivity (Wildman–Crippen MR) is 100 cm³/mol. The van der Waals surface area contributed by atoms with Crippen LogP contribution in [0, 0.1) is 0 Å². The molecule has 3 aromatic rings. The number of benzene rings is 2. The highest BCUT2D eigenvalue weighted by Gasteiger charge is 2.15. The lowest BCUT2D eigenvalue weighted by molar-refractivity contribution is -0.133. The third-order valence-corrected chi connectivity index (χ3v) is 4.13. The summed E-state index contributed by atoms with van der Waals surface area (Å²) in [6, 6.07) is 14.0. The molecule has 0 aliphatic carbocycles. The van der Waals surface area contributed by atoms with Crippen molar-refractivity contribution in [2.75, 3.05) is 13.2 Å². The molecule has 0 unspecified atom stereocenters. The van der Waals surface area contributed by atoms with E-state index in [0.29, 0.717) is 34.0 Å². The quantitative estimate of drug-likeness (QED) is 0.722. The fourth-order valence-electron chi connectivity index (χ4n) is 2.56. The Labute approximate surface area is 155 Å². The van der Waals surface area contributed by atoms with E-state index in [2.05, 4.69) is 9.97 Å². The van der Waals surface area contributed by atoms with Gasteiger partial charge in [-0.05, 0) is 37.3 Å². The van der Waals surface area contributed by atoms with Crippen LogP contribution in [0.5, 0.6) is 5.75 Å². The smallest absolute Gasteiger partial charge is 0.260 e. The van der Waals surface area contributed by atoms with Crippen molar-refractivity contribution in [3.05, 3.63) is 69.7 Å². The highest BCUT2D eigenvalue weighted by Crippen LogP contribution is 2.17. The van der Waals surface area contributed by atoms with Gasteiger partial charge in [0.15, 0.2) is 6.61 Å². The minimum Gasteiger partial charge on any atom is -0.484 e. The number of amides is 1. The number of halogens is 1. The second kappa shape index (κ2) is 8.01. The monoisotopic (exact) mass is 371 g/mol. The Kier molecular flexibility index (Phi) is 5.53. The van der Waals surface area contributed by atoms with Crippen molar-refractivity contribution < 1.29 is 9.53 Å². The van der Waals surface area contributed by atoms with Crippen molar-refractivity contribution in [2.24, 2.45) is 0 Å². The van der Waals surface area contributed by atoms with Crippen LogP contribution < -0.4 is 10.3 Å². The molecule has 0 atom stereocenters. The van der Waals surface area contributed by atoms with Gasteiger partial charge < -0.3 is 14.6 Å². The van der Waals surface area contributed by atoms with Gasteiger partial charge in [-0.25, -0.2) is 4.98 Å². The first kappa shape index (κ1) is 17.9. The van der Waals surface area contributed by atoms with Crippen LogP contribution in [-0.2, 0) is 11.3 Å². The molecule has 0 bridgehead atoms. The zero-order chi connectivity index (χ0) is 18.5. The van der Waals surface area contributed by atoms with Crippen LogP contribution in [0.2, 0.25) is 5.02 Å². The van der Waals surface area contributed by atoms with E-state index >= 15 is 0 Å². The van der Waals surface area contributed by atoms with Gasteiger partial charge in [0.2, 0.25) is 0 Å². The van der Waals surface area contributed by atoms with Gasteiger partial charge in [0, 0.05) is 11.6 Å². The van der Waals surface area contributed by atoms with Gasteiger partial charge in [0.1, 0.15) is 11.6 Å². The number of aromatic nitrogens is 2. The van der Waals surface area contributed by atoms with E-state index in [4.69, 9.17) is 16.3 Å². The molecule has 0 saturated carbocycles. The zero-order valence-electron chi connectivity index (χ0n) is 14.2. The summed E-state index contributed by atoms with van der Waals surface area (Å²) in [5.74, 6) is 0.758.